The van der Waals surface area contributed by atoms with Crippen molar-refractivity contribution in [3.8, 4) is 11.5 Å². The maximum atomic E-state index is 12.3. The zero-order chi connectivity index (χ0) is 17.1. The molecule has 6 heteroatoms. The van der Waals surface area contributed by atoms with Crippen molar-refractivity contribution >= 4 is 17.8 Å². The van der Waals surface area contributed by atoms with Crippen molar-refractivity contribution in [2.45, 2.75) is 20.0 Å². The number of allylic oxidation sites excluding steroid dienone is 1. The molecule has 1 aliphatic rings. The average Bonchev–Trinajstić information content (AvgIpc) is 3.14. The highest BCUT2D eigenvalue weighted by atomic mass is 16.6. The molecule has 0 atom stereocenters. The first-order valence-electron chi connectivity index (χ1n) is 7.47. The number of esters is 1. The van der Waals surface area contributed by atoms with Crippen LogP contribution in [-0.4, -0.2) is 24.5 Å². The second-order valence-corrected chi connectivity index (χ2v) is 5.44. The van der Waals surface area contributed by atoms with Gasteiger partial charge in [0.25, 0.3) is 0 Å². The van der Waals surface area contributed by atoms with Crippen molar-refractivity contribution < 1.29 is 28.2 Å². The van der Waals surface area contributed by atoms with Gasteiger partial charge in [-0.05, 0) is 38.1 Å². The molecular weight excluding hydrogens is 312 g/mol. The van der Waals surface area contributed by atoms with Gasteiger partial charge in [-0.3, -0.25) is 4.79 Å². The number of Topliss-reactive ketones (excluding diaryl/α,β-unsaturated/α-hetero) is 1. The summed E-state index contributed by atoms with van der Waals surface area (Å²) < 4.78 is 21.1. The highest BCUT2D eigenvalue weighted by molar-refractivity contribution is 6.14. The summed E-state index contributed by atoms with van der Waals surface area (Å²) in [6, 6.07) is 8.23. The van der Waals surface area contributed by atoms with Crippen LogP contribution in [0, 0.1) is 0 Å². The maximum Gasteiger partial charge on any atom is 0.344 e. The maximum absolute atomic E-state index is 12.3. The van der Waals surface area contributed by atoms with Crippen LogP contribution in [0.1, 0.15) is 30.0 Å². The molecule has 0 saturated heterocycles. The van der Waals surface area contributed by atoms with E-state index in [0.717, 1.165) is 0 Å². The summed E-state index contributed by atoms with van der Waals surface area (Å²) in [5, 5.41) is 0. The lowest BCUT2D eigenvalue weighted by molar-refractivity contribution is -0.149. The molecule has 6 nitrogen and oxygen atoms in total. The number of hydrogen-bond acceptors (Lipinski definition) is 6. The SMILES string of the molecule is CC(C)OC(=O)COc1ccc2c(c1)O/C(=C\c1ccco1)C2=O. The van der Waals surface area contributed by atoms with E-state index < -0.39 is 5.97 Å². The number of carbonyl (C=O) groups is 2. The third kappa shape index (κ3) is 3.48. The molecule has 0 N–H and O–H groups in total. The van der Waals surface area contributed by atoms with Crippen LogP contribution in [0.25, 0.3) is 6.08 Å². The molecule has 0 amide bonds. The molecule has 124 valence electrons. The first-order chi connectivity index (χ1) is 11.5. The standard InChI is InChI=1S/C18H16O6/c1-11(2)23-17(19)10-22-13-5-6-14-15(8-13)24-16(18(14)20)9-12-4-3-7-21-12/h3-9,11H,10H2,1-2H3/b16-9-. The van der Waals surface area contributed by atoms with Crippen molar-refractivity contribution in [3.63, 3.8) is 0 Å². The molecule has 0 saturated carbocycles. The number of ketones is 1. The zero-order valence-corrected chi connectivity index (χ0v) is 13.3. The van der Waals surface area contributed by atoms with E-state index in [2.05, 4.69) is 0 Å². The molecule has 24 heavy (non-hydrogen) atoms. The Morgan fingerprint density at radius 1 is 1.29 bits per heavy atom. The molecule has 0 spiro atoms. The Kier molecular flexibility index (Phi) is 4.37. The predicted octanol–water partition coefficient (Wildman–Crippen LogP) is 3.23. The van der Waals surface area contributed by atoms with E-state index in [1.165, 1.54) is 12.3 Å². The molecule has 1 aliphatic heterocycles. The molecule has 0 bridgehead atoms. The number of fused-ring (bicyclic) bond motifs is 1. The number of rotatable bonds is 5. The van der Waals surface area contributed by atoms with Gasteiger partial charge in [-0.15, -0.1) is 0 Å². The third-order valence-corrected chi connectivity index (χ3v) is 3.18. The fraction of sp³-hybridized carbons (Fsp3) is 0.222. The predicted molar refractivity (Wildman–Crippen MR) is 84.8 cm³/mol. The minimum atomic E-state index is -0.458. The van der Waals surface area contributed by atoms with Gasteiger partial charge in [0.1, 0.15) is 17.3 Å². The van der Waals surface area contributed by atoms with E-state index >= 15 is 0 Å². The summed E-state index contributed by atoms with van der Waals surface area (Å²) in [5.74, 6) is 0.817. The summed E-state index contributed by atoms with van der Waals surface area (Å²) in [7, 11) is 0. The lowest BCUT2D eigenvalue weighted by atomic mass is 10.1. The van der Waals surface area contributed by atoms with Gasteiger partial charge in [0.15, 0.2) is 12.4 Å². The second kappa shape index (κ2) is 6.62. The summed E-state index contributed by atoms with van der Waals surface area (Å²) in [4.78, 5) is 23.8. The quantitative estimate of drug-likeness (QED) is 0.619. The lowest BCUT2D eigenvalue weighted by Gasteiger charge is -2.09. The van der Waals surface area contributed by atoms with E-state index in [4.69, 9.17) is 18.6 Å². The van der Waals surface area contributed by atoms with E-state index in [0.29, 0.717) is 22.8 Å². The van der Waals surface area contributed by atoms with Crippen LogP contribution in [0.4, 0.5) is 0 Å². The van der Waals surface area contributed by atoms with Crippen molar-refractivity contribution in [2.24, 2.45) is 0 Å². The fourth-order valence-electron chi connectivity index (χ4n) is 2.20. The van der Waals surface area contributed by atoms with Crippen molar-refractivity contribution in [1.82, 2.24) is 0 Å². The summed E-state index contributed by atoms with van der Waals surface area (Å²) in [5.41, 5.74) is 0.435. The number of furan rings is 1. The Morgan fingerprint density at radius 2 is 2.12 bits per heavy atom. The Morgan fingerprint density at radius 3 is 2.83 bits per heavy atom. The molecule has 2 aromatic rings. The van der Waals surface area contributed by atoms with E-state index in [-0.39, 0.29) is 24.3 Å². The number of benzene rings is 1. The Balaban J connectivity index is 1.70. The smallest absolute Gasteiger partial charge is 0.344 e. The van der Waals surface area contributed by atoms with Gasteiger partial charge < -0.3 is 18.6 Å². The number of ether oxygens (including phenoxy) is 3. The summed E-state index contributed by atoms with van der Waals surface area (Å²) in [6.07, 6.45) is 2.85. The van der Waals surface area contributed by atoms with Crippen LogP contribution in [0.3, 0.4) is 0 Å². The second-order valence-electron chi connectivity index (χ2n) is 5.44. The molecule has 0 aliphatic carbocycles. The van der Waals surface area contributed by atoms with Crippen molar-refractivity contribution in [1.29, 1.82) is 0 Å². The average molecular weight is 328 g/mol. The van der Waals surface area contributed by atoms with E-state index in [1.807, 2.05) is 0 Å². The minimum Gasteiger partial charge on any atom is -0.482 e. The van der Waals surface area contributed by atoms with Gasteiger partial charge in [-0.25, -0.2) is 4.79 Å². The Labute approximate surface area is 138 Å². The highest BCUT2D eigenvalue weighted by Crippen LogP contribution is 2.34. The third-order valence-electron chi connectivity index (χ3n) is 3.18. The largest absolute Gasteiger partial charge is 0.482 e. The lowest BCUT2D eigenvalue weighted by Crippen LogP contribution is -2.18. The van der Waals surface area contributed by atoms with Gasteiger partial charge in [-0.2, -0.15) is 0 Å². The molecule has 2 heterocycles. The Hall–Kier alpha value is -3.02. The number of carbonyl (C=O) groups excluding carboxylic acids is 2. The molecule has 1 aromatic carbocycles. The van der Waals surface area contributed by atoms with Crippen LogP contribution in [0.15, 0.2) is 46.8 Å². The van der Waals surface area contributed by atoms with Crippen LogP contribution < -0.4 is 9.47 Å². The Bertz CT molecular complexity index is 786. The van der Waals surface area contributed by atoms with Crippen LogP contribution in [0.2, 0.25) is 0 Å². The van der Waals surface area contributed by atoms with Gasteiger partial charge in [0, 0.05) is 12.1 Å². The monoisotopic (exact) mass is 328 g/mol. The van der Waals surface area contributed by atoms with Gasteiger partial charge >= 0.3 is 5.97 Å². The van der Waals surface area contributed by atoms with Crippen molar-refractivity contribution in [3.05, 3.63) is 53.7 Å². The van der Waals surface area contributed by atoms with E-state index in [9.17, 15) is 9.59 Å². The summed E-state index contributed by atoms with van der Waals surface area (Å²) >= 11 is 0. The first-order valence-corrected chi connectivity index (χ1v) is 7.47. The highest BCUT2D eigenvalue weighted by Gasteiger charge is 2.28. The normalized spacial score (nSPS) is 14.6. The molecule has 3 rings (SSSR count). The van der Waals surface area contributed by atoms with Crippen LogP contribution in [-0.2, 0) is 9.53 Å². The molecule has 0 unspecified atom stereocenters. The summed E-state index contributed by atoms with van der Waals surface area (Å²) in [6.45, 7) is 3.32. The minimum absolute atomic E-state index is 0.177. The van der Waals surface area contributed by atoms with Gasteiger partial charge in [-0.1, -0.05) is 0 Å². The first kappa shape index (κ1) is 15.9. The fourth-order valence-corrected chi connectivity index (χ4v) is 2.20. The molecule has 1 aromatic heterocycles. The number of hydrogen-bond donors (Lipinski definition) is 0. The molecular formula is C18H16O6. The topological polar surface area (TPSA) is 75.0 Å². The zero-order valence-electron chi connectivity index (χ0n) is 13.3. The van der Waals surface area contributed by atoms with Crippen LogP contribution in [0.5, 0.6) is 11.5 Å². The van der Waals surface area contributed by atoms with Crippen molar-refractivity contribution in [2.75, 3.05) is 6.61 Å². The molecule has 0 radical (unpaired) electrons. The van der Waals surface area contributed by atoms with Crippen LogP contribution >= 0.6 is 0 Å². The van der Waals surface area contributed by atoms with Gasteiger partial charge in [0.2, 0.25) is 5.78 Å². The molecule has 0 fully saturated rings. The van der Waals surface area contributed by atoms with Gasteiger partial charge in [0.05, 0.1) is 17.9 Å². The van der Waals surface area contributed by atoms with E-state index in [1.54, 1.807) is 44.2 Å².